The van der Waals surface area contributed by atoms with Crippen LogP contribution in [-0.4, -0.2) is 14.7 Å². The summed E-state index contributed by atoms with van der Waals surface area (Å²) in [5, 5.41) is 10.3. The van der Waals surface area contributed by atoms with E-state index in [4.69, 9.17) is 0 Å². The summed E-state index contributed by atoms with van der Waals surface area (Å²) in [6, 6.07) is 15.9. The second-order valence-electron chi connectivity index (χ2n) is 4.82. The van der Waals surface area contributed by atoms with E-state index in [-0.39, 0.29) is 0 Å². The van der Waals surface area contributed by atoms with Crippen molar-refractivity contribution in [1.82, 2.24) is 9.55 Å². The van der Waals surface area contributed by atoms with Crippen LogP contribution in [0.15, 0.2) is 54.9 Å². The number of nitrogens with zero attached hydrogens (tertiary/aromatic N) is 2. The normalized spacial score (nSPS) is 12.7. The van der Waals surface area contributed by atoms with Crippen molar-refractivity contribution in [2.45, 2.75) is 19.6 Å². The predicted octanol–water partition coefficient (Wildman–Crippen LogP) is 3.08. The van der Waals surface area contributed by atoms with E-state index >= 15 is 0 Å². The number of aliphatic hydroxyl groups excluding tert-OH is 1. The van der Waals surface area contributed by atoms with Gasteiger partial charge in [0.15, 0.2) is 0 Å². The molecule has 0 saturated heterocycles. The lowest BCUT2D eigenvalue weighted by molar-refractivity contribution is 0.158. The van der Waals surface area contributed by atoms with Gasteiger partial charge in [0.1, 0.15) is 0 Å². The number of fused-ring (bicyclic) bond motifs is 1. The zero-order chi connectivity index (χ0) is 13.2. The number of aromatic nitrogens is 2. The maximum absolute atomic E-state index is 10.3. The average Bonchev–Trinajstić information content (AvgIpc) is 2.82. The summed E-state index contributed by atoms with van der Waals surface area (Å²) in [5.41, 5.74) is 4.11. The zero-order valence-corrected chi connectivity index (χ0v) is 10.8. The van der Waals surface area contributed by atoms with Gasteiger partial charge in [-0.25, -0.2) is 4.98 Å². The minimum atomic E-state index is -0.516. The topological polar surface area (TPSA) is 38.0 Å². The van der Waals surface area contributed by atoms with Gasteiger partial charge in [0.2, 0.25) is 0 Å². The molecule has 2 aromatic carbocycles. The fourth-order valence-corrected chi connectivity index (χ4v) is 2.32. The molecule has 1 aromatic heterocycles. The van der Waals surface area contributed by atoms with Crippen LogP contribution in [0.25, 0.3) is 11.0 Å². The Bertz CT molecular complexity index is 703. The molecule has 0 spiro atoms. The van der Waals surface area contributed by atoms with Crippen LogP contribution in [0.4, 0.5) is 0 Å². The summed E-state index contributed by atoms with van der Waals surface area (Å²) >= 11 is 0. The van der Waals surface area contributed by atoms with Crippen LogP contribution in [0.5, 0.6) is 0 Å². The summed E-state index contributed by atoms with van der Waals surface area (Å²) in [4.78, 5) is 4.33. The minimum absolute atomic E-state index is 0.516. The van der Waals surface area contributed by atoms with Gasteiger partial charge in [-0.3, -0.25) is 0 Å². The van der Waals surface area contributed by atoms with Gasteiger partial charge in [-0.15, -0.1) is 0 Å². The maximum Gasteiger partial charge on any atom is 0.0969 e. The Morgan fingerprint density at radius 1 is 1.16 bits per heavy atom. The van der Waals surface area contributed by atoms with E-state index in [9.17, 15) is 5.11 Å². The molecule has 3 aromatic rings. The molecule has 1 heterocycles. The van der Waals surface area contributed by atoms with Gasteiger partial charge in [0.25, 0.3) is 0 Å². The molecule has 1 N–H and O–H groups in total. The molecule has 0 bridgehead atoms. The monoisotopic (exact) mass is 252 g/mol. The van der Waals surface area contributed by atoms with Gasteiger partial charge in [-0.1, -0.05) is 42.0 Å². The third-order valence-corrected chi connectivity index (χ3v) is 3.32. The van der Waals surface area contributed by atoms with Gasteiger partial charge in [0, 0.05) is 0 Å². The van der Waals surface area contributed by atoms with Crippen LogP contribution in [0.3, 0.4) is 0 Å². The van der Waals surface area contributed by atoms with E-state index in [2.05, 4.69) is 4.98 Å². The van der Waals surface area contributed by atoms with Gasteiger partial charge < -0.3 is 9.67 Å². The molecule has 3 rings (SSSR count). The van der Waals surface area contributed by atoms with Crippen molar-refractivity contribution in [1.29, 1.82) is 0 Å². The van der Waals surface area contributed by atoms with Gasteiger partial charge >= 0.3 is 0 Å². The van der Waals surface area contributed by atoms with Crippen molar-refractivity contribution in [2.75, 3.05) is 0 Å². The molecule has 0 aliphatic rings. The van der Waals surface area contributed by atoms with Gasteiger partial charge in [-0.05, 0) is 24.6 Å². The van der Waals surface area contributed by atoms with E-state index in [1.165, 1.54) is 0 Å². The van der Waals surface area contributed by atoms with E-state index in [0.717, 1.165) is 22.2 Å². The number of para-hydroxylation sites is 2. The number of rotatable bonds is 3. The van der Waals surface area contributed by atoms with Gasteiger partial charge in [-0.2, -0.15) is 0 Å². The molecular formula is C16H16N2O. The molecule has 19 heavy (non-hydrogen) atoms. The van der Waals surface area contributed by atoms with Crippen LogP contribution < -0.4 is 0 Å². The standard InChI is InChI=1S/C16H16N2O/c1-12-5-4-6-13(9-12)16(19)10-18-11-17-14-7-2-3-8-15(14)18/h2-9,11,16,19H,10H2,1H3. The van der Waals surface area contributed by atoms with Crippen molar-refractivity contribution in [3.05, 3.63) is 66.0 Å². The van der Waals surface area contributed by atoms with Crippen LogP contribution in [0, 0.1) is 6.92 Å². The van der Waals surface area contributed by atoms with E-state index < -0.39 is 6.10 Å². The molecular weight excluding hydrogens is 236 g/mol. The fraction of sp³-hybridized carbons (Fsp3) is 0.188. The maximum atomic E-state index is 10.3. The molecule has 96 valence electrons. The summed E-state index contributed by atoms with van der Waals surface area (Å²) in [6.45, 7) is 2.55. The van der Waals surface area contributed by atoms with E-state index in [0.29, 0.717) is 6.54 Å². The number of hydrogen-bond donors (Lipinski definition) is 1. The van der Waals surface area contributed by atoms with E-state index in [1.54, 1.807) is 6.33 Å². The zero-order valence-electron chi connectivity index (χ0n) is 10.8. The molecule has 0 fully saturated rings. The van der Waals surface area contributed by atoms with E-state index in [1.807, 2.05) is 60.0 Å². The molecule has 0 saturated carbocycles. The molecule has 0 amide bonds. The van der Waals surface area contributed by atoms with Crippen LogP contribution in [-0.2, 0) is 6.54 Å². The summed E-state index contributed by atoms with van der Waals surface area (Å²) in [5.74, 6) is 0. The summed E-state index contributed by atoms with van der Waals surface area (Å²) in [7, 11) is 0. The first-order chi connectivity index (χ1) is 9.24. The number of hydrogen-bond acceptors (Lipinski definition) is 2. The number of imidazole rings is 1. The summed E-state index contributed by atoms with van der Waals surface area (Å²) < 4.78 is 1.99. The molecule has 3 heteroatoms. The lowest BCUT2D eigenvalue weighted by Crippen LogP contribution is -2.07. The van der Waals surface area contributed by atoms with Crippen molar-refractivity contribution in [3.63, 3.8) is 0 Å². The number of aryl methyl sites for hydroxylation is 1. The fourth-order valence-electron chi connectivity index (χ4n) is 2.32. The average molecular weight is 252 g/mol. The molecule has 0 radical (unpaired) electrons. The third-order valence-electron chi connectivity index (χ3n) is 3.32. The highest BCUT2D eigenvalue weighted by molar-refractivity contribution is 5.74. The second kappa shape index (κ2) is 4.86. The first-order valence-electron chi connectivity index (χ1n) is 6.38. The lowest BCUT2D eigenvalue weighted by atomic mass is 10.1. The minimum Gasteiger partial charge on any atom is -0.387 e. The number of benzene rings is 2. The quantitative estimate of drug-likeness (QED) is 0.778. The Kier molecular flexibility index (Phi) is 3.05. The molecule has 0 aliphatic heterocycles. The Morgan fingerprint density at radius 3 is 2.84 bits per heavy atom. The highest BCUT2D eigenvalue weighted by Gasteiger charge is 2.10. The Labute approximate surface area is 112 Å². The SMILES string of the molecule is Cc1cccc(C(O)Cn2cnc3ccccc32)c1. The van der Waals surface area contributed by atoms with Crippen LogP contribution in [0.2, 0.25) is 0 Å². The Morgan fingerprint density at radius 2 is 2.00 bits per heavy atom. The molecule has 3 nitrogen and oxygen atoms in total. The highest BCUT2D eigenvalue weighted by atomic mass is 16.3. The third kappa shape index (κ3) is 2.37. The van der Waals surface area contributed by atoms with Crippen LogP contribution in [0.1, 0.15) is 17.2 Å². The van der Waals surface area contributed by atoms with Crippen molar-refractivity contribution in [3.8, 4) is 0 Å². The molecule has 1 atom stereocenters. The molecule has 1 unspecified atom stereocenters. The smallest absolute Gasteiger partial charge is 0.0969 e. The summed E-state index contributed by atoms with van der Waals surface area (Å²) in [6.07, 6.45) is 1.27. The first-order valence-corrected chi connectivity index (χ1v) is 6.38. The molecule has 0 aliphatic carbocycles. The van der Waals surface area contributed by atoms with Crippen molar-refractivity contribution >= 4 is 11.0 Å². The van der Waals surface area contributed by atoms with Crippen molar-refractivity contribution in [2.24, 2.45) is 0 Å². The Hall–Kier alpha value is -2.13. The van der Waals surface area contributed by atoms with Crippen LogP contribution >= 0.6 is 0 Å². The highest BCUT2D eigenvalue weighted by Crippen LogP contribution is 2.19. The van der Waals surface area contributed by atoms with Gasteiger partial charge in [0.05, 0.1) is 30.0 Å². The number of aliphatic hydroxyl groups is 1. The first kappa shape index (κ1) is 11.9. The second-order valence-corrected chi connectivity index (χ2v) is 4.82. The largest absolute Gasteiger partial charge is 0.387 e. The Balaban J connectivity index is 1.89. The predicted molar refractivity (Wildman–Crippen MR) is 75.9 cm³/mol. The lowest BCUT2D eigenvalue weighted by Gasteiger charge is -2.13. The van der Waals surface area contributed by atoms with Crippen molar-refractivity contribution < 1.29 is 5.11 Å².